The van der Waals surface area contributed by atoms with Crippen molar-refractivity contribution in [3.63, 3.8) is 0 Å². The highest BCUT2D eigenvalue weighted by Crippen LogP contribution is 2.35. The molecule has 20 heavy (non-hydrogen) atoms. The molecule has 0 aliphatic carbocycles. The predicted octanol–water partition coefficient (Wildman–Crippen LogP) is 3.89. The van der Waals surface area contributed by atoms with Crippen molar-refractivity contribution in [3.8, 4) is 0 Å². The lowest BCUT2D eigenvalue weighted by Crippen LogP contribution is -2.20. The molecule has 0 radical (unpaired) electrons. The Morgan fingerprint density at radius 2 is 2.10 bits per heavy atom. The summed E-state index contributed by atoms with van der Waals surface area (Å²) in [4.78, 5) is 12.0. The maximum absolute atomic E-state index is 13.4. The van der Waals surface area contributed by atoms with E-state index in [9.17, 15) is 9.18 Å². The van der Waals surface area contributed by atoms with Crippen LogP contribution >= 0.6 is 11.6 Å². The quantitative estimate of drug-likeness (QED) is 0.881. The zero-order chi connectivity index (χ0) is 14.3. The van der Waals surface area contributed by atoms with E-state index in [2.05, 4.69) is 10.6 Å². The highest BCUT2D eigenvalue weighted by Gasteiger charge is 2.31. The minimum Gasteiger partial charge on any atom is -0.370 e. The van der Waals surface area contributed by atoms with Crippen LogP contribution in [0.2, 0.25) is 5.02 Å². The number of benzene rings is 2. The molecule has 3 rings (SSSR count). The van der Waals surface area contributed by atoms with Gasteiger partial charge in [-0.05, 0) is 42.8 Å². The molecule has 2 N–H and O–H groups in total. The number of anilines is 2. The van der Waals surface area contributed by atoms with Crippen LogP contribution in [0.3, 0.4) is 0 Å². The van der Waals surface area contributed by atoms with Gasteiger partial charge in [-0.25, -0.2) is 4.39 Å². The highest BCUT2D eigenvalue weighted by molar-refractivity contribution is 6.31. The third-order valence-corrected chi connectivity index (χ3v) is 3.82. The molecule has 2 aromatic carbocycles. The summed E-state index contributed by atoms with van der Waals surface area (Å²) in [6.07, 6.45) is 0. The molecule has 1 amide bonds. The van der Waals surface area contributed by atoms with Crippen molar-refractivity contribution in [1.29, 1.82) is 0 Å². The number of halogens is 2. The van der Waals surface area contributed by atoms with Crippen molar-refractivity contribution in [2.24, 2.45) is 0 Å². The van der Waals surface area contributed by atoms with E-state index in [0.29, 0.717) is 16.3 Å². The summed E-state index contributed by atoms with van der Waals surface area (Å²) in [5, 5.41) is 6.47. The largest absolute Gasteiger partial charge is 0.370 e. The topological polar surface area (TPSA) is 41.1 Å². The fourth-order valence-corrected chi connectivity index (χ4v) is 2.47. The van der Waals surface area contributed by atoms with Gasteiger partial charge >= 0.3 is 0 Å². The molecule has 1 aliphatic heterocycles. The van der Waals surface area contributed by atoms with Crippen LogP contribution in [0.4, 0.5) is 15.8 Å². The summed E-state index contributed by atoms with van der Waals surface area (Å²) < 4.78 is 13.4. The first kappa shape index (κ1) is 12.9. The normalized spacial score (nSPS) is 16.8. The summed E-state index contributed by atoms with van der Waals surface area (Å²) >= 11 is 6.06. The standard InChI is InChI=1S/C15H12ClFN2O/c1-8-11(16)3-2-4-12(8)18-14-10-7-9(17)5-6-13(10)19-15(14)20/h2-7,14,18H,1H3,(H,19,20). The zero-order valence-corrected chi connectivity index (χ0v) is 11.5. The van der Waals surface area contributed by atoms with Gasteiger partial charge in [-0.1, -0.05) is 17.7 Å². The number of rotatable bonds is 2. The molecule has 5 heteroatoms. The molecular weight excluding hydrogens is 279 g/mol. The predicted molar refractivity (Wildman–Crippen MR) is 77.6 cm³/mol. The lowest BCUT2D eigenvalue weighted by Gasteiger charge is -2.15. The lowest BCUT2D eigenvalue weighted by atomic mass is 10.1. The van der Waals surface area contributed by atoms with E-state index in [-0.39, 0.29) is 11.7 Å². The molecule has 102 valence electrons. The average molecular weight is 291 g/mol. The first-order valence-electron chi connectivity index (χ1n) is 6.18. The Kier molecular flexibility index (Phi) is 3.10. The number of nitrogens with one attached hydrogen (secondary N) is 2. The smallest absolute Gasteiger partial charge is 0.251 e. The molecule has 1 heterocycles. The van der Waals surface area contributed by atoms with E-state index in [1.54, 1.807) is 18.2 Å². The van der Waals surface area contributed by atoms with Gasteiger partial charge in [-0.3, -0.25) is 4.79 Å². The fourth-order valence-electron chi connectivity index (χ4n) is 2.30. The summed E-state index contributed by atoms with van der Waals surface area (Å²) in [6, 6.07) is 9.07. The molecule has 3 nitrogen and oxygen atoms in total. The molecule has 0 bridgehead atoms. The molecule has 1 unspecified atom stereocenters. The molecule has 0 aromatic heterocycles. The molecule has 0 saturated carbocycles. The first-order valence-corrected chi connectivity index (χ1v) is 6.56. The Labute approximate surface area is 120 Å². The van der Waals surface area contributed by atoms with Gasteiger partial charge < -0.3 is 10.6 Å². The minimum atomic E-state index is -0.613. The van der Waals surface area contributed by atoms with E-state index >= 15 is 0 Å². The Morgan fingerprint density at radius 3 is 2.90 bits per heavy atom. The van der Waals surface area contributed by atoms with Crippen LogP contribution in [0, 0.1) is 12.7 Å². The van der Waals surface area contributed by atoms with Gasteiger partial charge in [0.1, 0.15) is 11.9 Å². The molecule has 2 aromatic rings. The number of hydrogen-bond acceptors (Lipinski definition) is 2. The van der Waals surface area contributed by atoms with Crippen LogP contribution in [0.25, 0.3) is 0 Å². The van der Waals surface area contributed by atoms with Crippen LogP contribution in [0.1, 0.15) is 17.2 Å². The van der Waals surface area contributed by atoms with Crippen LogP contribution in [0.15, 0.2) is 36.4 Å². The zero-order valence-electron chi connectivity index (χ0n) is 10.7. The second-order valence-electron chi connectivity index (χ2n) is 4.71. The number of fused-ring (bicyclic) bond motifs is 1. The number of carbonyl (C=O) groups excluding carboxylic acids is 1. The summed E-state index contributed by atoms with van der Waals surface area (Å²) in [5.41, 5.74) is 2.85. The minimum absolute atomic E-state index is 0.204. The van der Waals surface area contributed by atoms with Gasteiger partial charge in [-0.2, -0.15) is 0 Å². The number of amides is 1. The monoisotopic (exact) mass is 290 g/mol. The van der Waals surface area contributed by atoms with E-state index in [0.717, 1.165) is 11.3 Å². The summed E-state index contributed by atoms with van der Waals surface area (Å²) in [7, 11) is 0. The molecule has 0 spiro atoms. The second-order valence-corrected chi connectivity index (χ2v) is 5.12. The van der Waals surface area contributed by atoms with E-state index < -0.39 is 6.04 Å². The fraction of sp³-hybridized carbons (Fsp3) is 0.133. The van der Waals surface area contributed by atoms with Crippen molar-refractivity contribution >= 4 is 28.9 Å². The number of hydrogen-bond donors (Lipinski definition) is 2. The molecule has 0 saturated heterocycles. The number of carbonyl (C=O) groups is 1. The average Bonchev–Trinajstić information content (AvgIpc) is 2.71. The van der Waals surface area contributed by atoms with E-state index in [4.69, 9.17) is 11.6 Å². The van der Waals surface area contributed by atoms with Crippen molar-refractivity contribution in [3.05, 3.63) is 58.4 Å². The second kappa shape index (κ2) is 4.80. The van der Waals surface area contributed by atoms with Gasteiger partial charge in [0, 0.05) is 22.0 Å². The molecule has 0 fully saturated rings. The summed E-state index contributed by atoms with van der Waals surface area (Å²) in [6.45, 7) is 1.87. The van der Waals surface area contributed by atoms with Gasteiger partial charge in [-0.15, -0.1) is 0 Å². The van der Waals surface area contributed by atoms with E-state index in [1.807, 2.05) is 13.0 Å². The first-order chi connectivity index (χ1) is 9.56. The third kappa shape index (κ3) is 2.12. The van der Waals surface area contributed by atoms with Gasteiger partial charge in [0.15, 0.2) is 0 Å². The molecule has 1 atom stereocenters. The van der Waals surface area contributed by atoms with Gasteiger partial charge in [0.25, 0.3) is 5.91 Å². The molecular formula is C15H12ClFN2O. The van der Waals surface area contributed by atoms with Crippen LogP contribution < -0.4 is 10.6 Å². The SMILES string of the molecule is Cc1c(Cl)cccc1NC1C(=O)Nc2ccc(F)cc21. The summed E-state index contributed by atoms with van der Waals surface area (Å²) in [5.74, 6) is -0.570. The maximum Gasteiger partial charge on any atom is 0.251 e. The highest BCUT2D eigenvalue weighted by atomic mass is 35.5. The Morgan fingerprint density at radius 1 is 1.30 bits per heavy atom. The van der Waals surface area contributed by atoms with Crippen molar-refractivity contribution in [1.82, 2.24) is 0 Å². The van der Waals surface area contributed by atoms with Crippen molar-refractivity contribution < 1.29 is 9.18 Å². The van der Waals surface area contributed by atoms with Gasteiger partial charge in [0.05, 0.1) is 0 Å². The van der Waals surface area contributed by atoms with Crippen LogP contribution in [0.5, 0.6) is 0 Å². The van der Waals surface area contributed by atoms with Crippen LogP contribution in [-0.2, 0) is 4.79 Å². The Bertz CT molecular complexity index is 702. The van der Waals surface area contributed by atoms with E-state index in [1.165, 1.54) is 12.1 Å². The Hall–Kier alpha value is -2.07. The van der Waals surface area contributed by atoms with Gasteiger partial charge in [0.2, 0.25) is 0 Å². The third-order valence-electron chi connectivity index (χ3n) is 3.41. The Balaban J connectivity index is 1.98. The lowest BCUT2D eigenvalue weighted by molar-refractivity contribution is -0.116. The molecule has 1 aliphatic rings. The van der Waals surface area contributed by atoms with Crippen molar-refractivity contribution in [2.45, 2.75) is 13.0 Å². The van der Waals surface area contributed by atoms with Crippen LogP contribution in [-0.4, -0.2) is 5.91 Å². The maximum atomic E-state index is 13.4. The van der Waals surface area contributed by atoms with Crippen molar-refractivity contribution in [2.75, 3.05) is 10.6 Å².